The fourth-order valence-electron chi connectivity index (χ4n) is 4.12. The highest BCUT2D eigenvalue weighted by Crippen LogP contribution is 2.35. The number of hydrogen-bond acceptors (Lipinski definition) is 8. The Balaban J connectivity index is 1.34. The zero-order chi connectivity index (χ0) is 34.5. The van der Waals surface area contributed by atoms with Crippen LogP contribution in [-0.2, 0) is 20.4 Å². The van der Waals surface area contributed by atoms with Gasteiger partial charge < -0.3 is 30.4 Å². The van der Waals surface area contributed by atoms with Gasteiger partial charge >= 0.3 is 24.2 Å². The minimum atomic E-state index is -4.36. The van der Waals surface area contributed by atoms with Crippen LogP contribution >= 0.6 is 0 Å². The molecule has 3 aromatic rings. The van der Waals surface area contributed by atoms with Crippen LogP contribution in [0.3, 0.4) is 0 Å². The second-order valence-electron chi connectivity index (χ2n) is 10.3. The summed E-state index contributed by atoms with van der Waals surface area (Å²) in [6.07, 6.45) is -4.61. The van der Waals surface area contributed by atoms with Crippen LogP contribution < -0.4 is 20.9 Å². The molecule has 0 saturated heterocycles. The number of anilines is 2. The van der Waals surface area contributed by atoms with Crippen LogP contribution in [-0.4, -0.2) is 37.9 Å². The lowest BCUT2D eigenvalue weighted by Gasteiger charge is -2.19. The van der Waals surface area contributed by atoms with Crippen molar-refractivity contribution in [1.82, 2.24) is 0 Å². The summed E-state index contributed by atoms with van der Waals surface area (Å²) >= 11 is 0. The Kier molecular flexibility index (Phi) is 13.4. The molecule has 0 fully saturated rings. The summed E-state index contributed by atoms with van der Waals surface area (Å²) in [5, 5.41) is 0. The third kappa shape index (κ3) is 13.2. The number of carbonyl (C=O) groups excluding carboxylic acids is 2. The van der Waals surface area contributed by atoms with Crippen LogP contribution in [0.5, 0.6) is 11.5 Å². The van der Waals surface area contributed by atoms with Crippen LogP contribution in [0.4, 0.5) is 37.7 Å². The molecule has 8 nitrogen and oxygen atoms in total. The van der Waals surface area contributed by atoms with Crippen molar-refractivity contribution in [2.75, 3.05) is 31.3 Å². The number of nitrogens with two attached hydrogens (primary N) is 2. The lowest BCUT2D eigenvalue weighted by Crippen LogP contribution is -2.23. The quantitative estimate of drug-likeness (QED) is 0.0491. The molecular formula is C33H34F6N2O6. The Labute approximate surface area is 267 Å². The average molecular weight is 669 g/mol. The van der Waals surface area contributed by atoms with Gasteiger partial charge in [0.2, 0.25) is 0 Å². The Bertz CT molecular complexity index is 1490. The van der Waals surface area contributed by atoms with E-state index in [0.29, 0.717) is 35.8 Å². The smallest absolute Gasteiger partial charge is 0.429 e. The maximum Gasteiger partial charge on any atom is 0.429 e. The number of esters is 2. The minimum absolute atomic E-state index is 0.176. The van der Waals surface area contributed by atoms with Crippen LogP contribution in [0, 0.1) is 5.82 Å². The summed E-state index contributed by atoms with van der Waals surface area (Å²) in [7, 11) is 0. The summed E-state index contributed by atoms with van der Waals surface area (Å²) in [5.41, 5.74) is 11.7. The number of ether oxygens (including phenoxy) is 4. The normalized spacial score (nSPS) is 11.8. The molecule has 0 atom stereocenters. The van der Waals surface area contributed by atoms with Crippen molar-refractivity contribution in [2.45, 2.75) is 50.8 Å². The lowest BCUT2D eigenvalue weighted by molar-refractivity contribution is -0.187. The number of alkyl halides is 5. The molecule has 0 aliphatic heterocycles. The lowest BCUT2D eigenvalue weighted by atomic mass is 10.1. The van der Waals surface area contributed by atoms with Gasteiger partial charge in [-0.3, -0.25) is 0 Å². The first-order chi connectivity index (χ1) is 22.2. The van der Waals surface area contributed by atoms with E-state index < -0.39 is 42.0 Å². The van der Waals surface area contributed by atoms with Crippen molar-refractivity contribution in [2.24, 2.45) is 0 Å². The van der Waals surface area contributed by atoms with E-state index in [1.54, 1.807) is 0 Å². The van der Waals surface area contributed by atoms with Gasteiger partial charge in [-0.15, -0.1) is 0 Å². The van der Waals surface area contributed by atoms with E-state index in [0.717, 1.165) is 25.0 Å². The number of halogens is 6. The van der Waals surface area contributed by atoms with Crippen molar-refractivity contribution >= 4 is 29.4 Å². The van der Waals surface area contributed by atoms with Crippen molar-refractivity contribution in [1.29, 1.82) is 0 Å². The molecule has 0 aliphatic rings. The maximum atomic E-state index is 14.7. The second kappa shape index (κ2) is 17.2. The summed E-state index contributed by atoms with van der Waals surface area (Å²) in [6.45, 7) is 0.0286. The molecule has 0 aromatic heterocycles. The van der Waals surface area contributed by atoms with Gasteiger partial charge in [0.25, 0.3) is 0 Å². The van der Waals surface area contributed by atoms with Crippen LogP contribution in [0.2, 0.25) is 0 Å². The van der Waals surface area contributed by atoms with E-state index in [4.69, 9.17) is 25.7 Å². The third-order valence-corrected chi connectivity index (χ3v) is 6.39. The molecule has 0 heterocycles. The molecule has 254 valence electrons. The molecule has 0 spiro atoms. The standard InChI is InChI=1S/C33H34F6N2O6/c34-29-21-27(44-17-5-14-32(35,36)37)11-12-28(29)33(38,39)47-26-9-6-22(7-10-26)8-13-30(42)45-15-3-1-2-4-16-46-31(43)23-18-24(40)20-25(41)19-23/h6-13,18-21H,1-5,14-17,40-41H2. The van der Waals surface area contributed by atoms with Crippen molar-refractivity contribution < 1.29 is 54.9 Å². The van der Waals surface area contributed by atoms with Gasteiger partial charge in [-0.05, 0) is 86.2 Å². The maximum absolute atomic E-state index is 14.7. The predicted octanol–water partition coefficient (Wildman–Crippen LogP) is 7.81. The van der Waals surface area contributed by atoms with E-state index in [1.807, 2.05) is 0 Å². The number of carbonyl (C=O) groups is 2. The van der Waals surface area contributed by atoms with Gasteiger partial charge in [-0.2, -0.15) is 22.0 Å². The van der Waals surface area contributed by atoms with Crippen LogP contribution in [0.15, 0.2) is 66.7 Å². The molecule has 0 amide bonds. The number of benzene rings is 3. The molecule has 0 bridgehead atoms. The van der Waals surface area contributed by atoms with E-state index in [9.17, 15) is 35.9 Å². The van der Waals surface area contributed by atoms with Gasteiger partial charge in [0.15, 0.2) is 0 Å². The largest absolute Gasteiger partial charge is 0.493 e. The van der Waals surface area contributed by atoms with Crippen molar-refractivity contribution in [3.8, 4) is 11.5 Å². The second-order valence-corrected chi connectivity index (χ2v) is 10.3. The predicted molar refractivity (Wildman–Crippen MR) is 162 cm³/mol. The first-order valence-electron chi connectivity index (χ1n) is 14.6. The monoisotopic (exact) mass is 668 g/mol. The highest BCUT2D eigenvalue weighted by Gasteiger charge is 2.38. The molecule has 0 aliphatic carbocycles. The topological polar surface area (TPSA) is 123 Å². The van der Waals surface area contributed by atoms with E-state index in [-0.39, 0.29) is 43.3 Å². The van der Waals surface area contributed by atoms with Gasteiger partial charge in [0.05, 0.1) is 25.4 Å². The molecule has 0 unspecified atom stereocenters. The fourth-order valence-corrected chi connectivity index (χ4v) is 4.12. The van der Waals surface area contributed by atoms with E-state index >= 15 is 0 Å². The highest BCUT2D eigenvalue weighted by atomic mass is 19.4. The van der Waals surface area contributed by atoms with Crippen LogP contribution in [0.25, 0.3) is 6.08 Å². The molecule has 3 rings (SSSR count). The Hall–Kier alpha value is -4.88. The van der Waals surface area contributed by atoms with Gasteiger partial charge in [-0.1, -0.05) is 12.1 Å². The highest BCUT2D eigenvalue weighted by molar-refractivity contribution is 5.91. The Morgan fingerprint density at radius 2 is 1.34 bits per heavy atom. The van der Waals surface area contributed by atoms with Crippen molar-refractivity contribution in [3.05, 3.63) is 89.2 Å². The zero-order valence-corrected chi connectivity index (χ0v) is 25.2. The van der Waals surface area contributed by atoms with Gasteiger partial charge in [-0.25, -0.2) is 14.0 Å². The molecule has 14 heteroatoms. The first kappa shape index (κ1) is 36.6. The summed E-state index contributed by atoms with van der Waals surface area (Å²) in [5.74, 6) is -2.96. The van der Waals surface area contributed by atoms with Gasteiger partial charge in [0, 0.05) is 29.9 Å². The van der Waals surface area contributed by atoms with Crippen molar-refractivity contribution in [3.63, 3.8) is 0 Å². The Morgan fingerprint density at radius 1 is 0.723 bits per heavy atom. The number of rotatable bonds is 17. The van der Waals surface area contributed by atoms with Gasteiger partial charge in [0.1, 0.15) is 22.9 Å². The molecule has 4 N–H and O–H groups in total. The SMILES string of the molecule is Nc1cc(N)cc(C(=O)OCCCCCCOC(=O)C=Cc2ccc(OC(F)(F)c3ccc(OCCCC(F)(F)F)cc3F)cc2)c1. The summed E-state index contributed by atoms with van der Waals surface area (Å²) < 4.78 is 100. The minimum Gasteiger partial charge on any atom is -0.493 e. The van der Waals surface area contributed by atoms with E-state index in [1.165, 1.54) is 54.6 Å². The molecule has 0 radical (unpaired) electrons. The molecular weight excluding hydrogens is 634 g/mol. The summed E-state index contributed by atoms with van der Waals surface area (Å²) in [4.78, 5) is 24.0. The first-order valence-corrected chi connectivity index (χ1v) is 14.6. The Morgan fingerprint density at radius 3 is 1.96 bits per heavy atom. The number of nitrogen functional groups attached to an aromatic ring is 2. The molecule has 47 heavy (non-hydrogen) atoms. The number of unbranched alkanes of at least 4 members (excludes halogenated alkanes) is 3. The molecule has 3 aromatic carbocycles. The molecule has 0 saturated carbocycles. The fraction of sp³-hybridized carbons (Fsp3) is 0.333. The third-order valence-electron chi connectivity index (χ3n) is 6.39. The average Bonchev–Trinajstić information content (AvgIpc) is 2.99. The zero-order valence-electron chi connectivity index (χ0n) is 25.2. The van der Waals surface area contributed by atoms with E-state index in [2.05, 4.69) is 4.74 Å². The van der Waals surface area contributed by atoms with Crippen LogP contribution in [0.1, 0.15) is 60.0 Å². The summed E-state index contributed by atoms with van der Waals surface area (Å²) in [6, 6.07) is 12.1. The number of hydrogen-bond donors (Lipinski definition) is 2.